The predicted octanol–water partition coefficient (Wildman–Crippen LogP) is 3.24. The minimum atomic E-state index is -3.70. The summed E-state index contributed by atoms with van der Waals surface area (Å²) < 4.78 is 25.9. The SMILES string of the molecule is CC[C@@H](C)NC(=O)c1ccccc1NC(=O)CN(c1cccc(C)c1C)S(C)(=O)=O. The Bertz CT molecular complexity index is 1030. The van der Waals surface area contributed by atoms with Crippen molar-refractivity contribution in [2.75, 3.05) is 22.4 Å². The van der Waals surface area contributed by atoms with Crippen LogP contribution in [0.1, 0.15) is 41.8 Å². The summed E-state index contributed by atoms with van der Waals surface area (Å²) in [4.78, 5) is 25.3. The van der Waals surface area contributed by atoms with E-state index in [0.29, 0.717) is 16.9 Å². The Morgan fingerprint density at radius 2 is 1.73 bits per heavy atom. The molecule has 162 valence electrons. The van der Waals surface area contributed by atoms with Crippen LogP contribution in [0.2, 0.25) is 0 Å². The fourth-order valence-electron chi connectivity index (χ4n) is 2.90. The van der Waals surface area contributed by atoms with Crippen molar-refractivity contribution >= 4 is 33.2 Å². The van der Waals surface area contributed by atoms with Crippen molar-refractivity contribution in [3.8, 4) is 0 Å². The van der Waals surface area contributed by atoms with Crippen LogP contribution in [0.5, 0.6) is 0 Å². The quantitative estimate of drug-likeness (QED) is 0.671. The number of amides is 2. The van der Waals surface area contributed by atoms with Gasteiger partial charge in [-0.1, -0.05) is 31.2 Å². The molecule has 0 radical (unpaired) electrons. The van der Waals surface area contributed by atoms with E-state index < -0.39 is 22.5 Å². The molecule has 0 aliphatic heterocycles. The molecule has 0 saturated heterocycles. The molecule has 0 aliphatic carbocycles. The number of benzene rings is 2. The van der Waals surface area contributed by atoms with Crippen molar-refractivity contribution in [2.45, 2.75) is 40.2 Å². The highest BCUT2D eigenvalue weighted by Gasteiger charge is 2.23. The van der Waals surface area contributed by atoms with Crippen LogP contribution in [0.25, 0.3) is 0 Å². The molecule has 1 atom stereocenters. The number of sulfonamides is 1. The standard InChI is InChI=1S/C22H29N3O4S/c1-6-16(3)23-22(27)18-11-7-8-12-19(18)24-21(26)14-25(30(5,28)29)20-13-9-10-15(2)17(20)4/h7-13,16H,6,14H2,1-5H3,(H,23,27)(H,24,26)/t16-/m1/s1. The molecular formula is C22H29N3O4S. The Morgan fingerprint density at radius 1 is 1.07 bits per heavy atom. The highest BCUT2D eigenvalue weighted by molar-refractivity contribution is 7.92. The second-order valence-electron chi connectivity index (χ2n) is 7.37. The Hall–Kier alpha value is -2.87. The number of carbonyl (C=O) groups excluding carboxylic acids is 2. The molecule has 8 heteroatoms. The van der Waals surface area contributed by atoms with Gasteiger partial charge < -0.3 is 10.6 Å². The minimum absolute atomic E-state index is 0.00807. The van der Waals surface area contributed by atoms with E-state index in [0.717, 1.165) is 28.1 Å². The van der Waals surface area contributed by atoms with E-state index in [2.05, 4.69) is 10.6 Å². The smallest absolute Gasteiger partial charge is 0.253 e. The summed E-state index contributed by atoms with van der Waals surface area (Å²) in [5, 5.41) is 5.55. The lowest BCUT2D eigenvalue weighted by Crippen LogP contribution is -2.38. The van der Waals surface area contributed by atoms with E-state index in [1.807, 2.05) is 33.8 Å². The predicted molar refractivity (Wildman–Crippen MR) is 120 cm³/mol. The first-order valence-electron chi connectivity index (χ1n) is 9.78. The summed E-state index contributed by atoms with van der Waals surface area (Å²) in [5.74, 6) is -0.833. The zero-order valence-corrected chi connectivity index (χ0v) is 18.8. The Balaban J connectivity index is 2.27. The first kappa shape index (κ1) is 23.4. The third-order valence-electron chi connectivity index (χ3n) is 4.97. The van der Waals surface area contributed by atoms with Crippen LogP contribution in [-0.2, 0) is 14.8 Å². The fraction of sp³-hybridized carbons (Fsp3) is 0.364. The van der Waals surface area contributed by atoms with Crippen molar-refractivity contribution in [1.29, 1.82) is 0 Å². The van der Waals surface area contributed by atoms with Crippen LogP contribution in [0.3, 0.4) is 0 Å². The van der Waals surface area contributed by atoms with E-state index in [1.165, 1.54) is 0 Å². The summed E-state index contributed by atoms with van der Waals surface area (Å²) in [5.41, 5.74) is 2.81. The lowest BCUT2D eigenvalue weighted by molar-refractivity contribution is -0.114. The van der Waals surface area contributed by atoms with Crippen LogP contribution in [0.15, 0.2) is 42.5 Å². The van der Waals surface area contributed by atoms with Crippen molar-refractivity contribution in [3.05, 3.63) is 59.2 Å². The number of aryl methyl sites for hydroxylation is 1. The number of rotatable bonds is 8. The van der Waals surface area contributed by atoms with E-state index in [4.69, 9.17) is 0 Å². The number of anilines is 2. The van der Waals surface area contributed by atoms with Gasteiger partial charge in [0.15, 0.2) is 0 Å². The molecule has 2 rings (SSSR count). The molecule has 2 aromatic rings. The van der Waals surface area contributed by atoms with Gasteiger partial charge in [-0.15, -0.1) is 0 Å². The van der Waals surface area contributed by atoms with Gasteiger partial charge in [0.25, 0.3) is 5.91 Å². The largest absolute Gasteiger partial charge is 0.350 e. The molecule has 2 N–H and O–H groups in total. The van der Waals surface area contributed by atoms with Gasteiger partial charge in [-0.2, -0.15) is 0 Å². The molecule has 7 nitrogen and oxygen atoms in total. The van der Waals surface area contributed by atoms with Gasteiger partial charge >= 0.3 is 0 Å². The number of para-hydroxylation sites is 1. The molecule has 2 amide bonds. The molecule has 0 fully saturated rings. The van der Waals surface area contributed by atoms with Crippen LogP contribution in [-0.4, -0.2) is 39.1 Å². The molecule has 0 heterocycles. The molecule has 0 bridgehead atoms. The fourth-order valence-corrected chi connectivity index (χ4v) is 3.81. The van der Waals surface area contributed by atoms with Crippen molar-refractivity contribution in [1.82, 2.24) is 5.32 Å². The van der Waals surface area contributed by atoms with Crippen LogP contribution < -0.4 is 14.9 Å². The topological polar surface area (TPSA) is 95.6 Å². The molecule has 30 heavy (non-hydrogen) atoms. The third kappa shape index (κ3) is 5.82. The molecular weight excluding hydrogens is 402 g/mol. The van der Waals surface area contributed by atoms with Crippen molar-refractivity contribution in [3.63, 3.8) is 0 Å². The third-order valence-corrected chi connectivity index (χ3v) is 6.09. The summed E-state index contributed by atoms with van der Waals surface area (Å²) in [6.45, 7) is 7.16. The number of hydrogen-bond donors (Lipinski definition) is 2. The summed E-state index contributed by atoms with van der Waals surface area (Å²) in [6, 6.07) is 11.9. The lowest BCUT2D eigenvalue weighted by atomic mass is 10.1. The van der Waals surface area contributed by atoms with Gasteiger partial charge in [-0.05, 0) is 56.5 Å². The zero-order valence-electron chi connectivity index (χ0n) is 18.0. The number of hydrogen-bond acceptors (Lipinski definition) is 4. The van der Waals surface area contributed by atoms with E-state index in [1.54, 1.807) is 36.4 Å². The summed E-state index contributed by atoms with van der Waals surface area (Å²) in [7, 11) is -3.70. The Kier molecular flexibility index (Phi) is 7.61. The van der Waals surface area contributed by atoms with Crippen LogP contribution in [0.4, 0.5) is 11.4 Å². The van der Waals surface area contributed by atoms with E-state index in [9.17, 15) is 18.0 Å². The van der Waals surface area contributed by atoms with E-state index in [-0.39, 0.29) is 11.9 Å². The first-order valence-corrected chi connectivity index (χ1v) is 11.6. The van der Waals surface area contributed by atoms with Crippen LogP contribution in [0, 0.1) is 13.8 Å². The molecule has 0 spiro atoms. The Labute approximate surface area is 178 Å². The number of carbonyl (C=O) groups is 2. The summed E-state index contributed by atoms with van der Waals surface area (Å²) >= 11 is 0. The van der Waals surface area contributed by atoms with Gasteiger partial charge in [-0.3, -0.25) is 13.9 Å². The second kappa shape index (κ2) is 9.75. The highest BCUT2D eigenvalue weighted by Crippen LogP contribution is 2.25. The average molecular weight is 432 g/mol. The van der Waals surface area contributed by atoms with Gasteiger partial charge in [0.1, 0.15) is 6.54 Å². The monoisotopic (exact) mass is 431 g/mol. The zero-order chi connectivity index (χ0) is 22.5. The maximum absolute atomic E-state index is 12.7. The first-order chi connectivity index (χ1) is 14.0. The lowest BCUT2D eigenvalue weighted by Gasteiger charge is -2.24. The van der Waals surface area contributed by atoms with Gasteiger partial charge in [0, 0.05) is 6.04 Å². The highest BCUT2D eigenvalue weighted by atomic mass is 32.2. The average Bonchev–Trinajstić information content (AvgIpc) is 2.68. The molecule has 2 aromatic carbocycles. The van der Waals surface area contributed by atoms with Gasteiger partial charge in [0.2, 0.25) is 15.9 Å². The molecule has 0 aromatic heterocycles. The van der Waals surface area contributed by atoms with Crippen molar-refractivity contribution < 1.29 is 18.0 Å². The molecule has 0 unspecified atom stereocenters. The van der Waals surface area contributed by atoms with Gasteiger partial charge in [-0.25, -0.2) is 8.42 Å². The molecule has 0 saturated carbocycles. The number of nitrogens with one attached hydrogen (secondary N) is 2. The Morgan fingerprint density at radius 3 is 2.37 bits per heavy atom. The maximum atomic E-state index is 12.7. The minimum Gasteiger partial charge on any atom is -0.350 e. The molecule has 0 aliphatic rings. The van der Waals surface area contributed by atoms with Crippen LogP contribution >= 0.6 is 0 Å². The van der Waals surface area contributed by atoms with Gasteiger partial charge in [0.05, 0.1) is 23.2 Å². The normalized spacial score (nSPS) is 12.2. The number of nitrogens with zero attached hydrogens (tertiary/aromatic N) is 1. The summed E-state index contributed by atoms with van der Waals surface area (Å²) in [6.07, 6.45) is 1.84. The van der Waals surface area contributed by atoms with Crippen molar-refractivity contribution in [2.24, 2.45) is 0 Å². The maximum Gasteiger partial charge on any atom is 0.253 e. The second-order valence-corrected chi connectivity index (χ2v) is 9.27. The van der Waals surface area contributed by atoms with E-state index >= 15 is 0 Å².